The Balaban J connectivity index is 5.62. The summed E-state index contributed by atoms with van der Waals surface area (Å²) >= 11 is 0. The van der Waals surface area contributed by atoms with Crippen molar-refractivity contribution >= 4 is 8.56 Å². The first-order chi connectivity index (χ1) is 8.87. The van der Waals surface area contributed by atoms with Crippen LogP contribution in [0.25, 0.3) is 0 Å². The summed E-state index contributed by atoms with van der Waals surface area (Å²) < 4.78 is 12.8. The largest absolute Gasteiger partial charge is 0.394 e. The van der Waals surface area contributed by atoms with E-state index < -0.39 is 8.56 Å². The molecule has 116 valence electrons. The van der Waals surface area contributed by atoms with E-state index in [1.54, 1.807) is 0 Å². The maximum absolute atomic E-state index is 6.39. The van der Waals surface area contributed by atoms with Crippen molar-refractivity contribution in [3.05, 3.63) is 0 Å². The molecule has 1 atom stereocenters. The molecule has 0 heterocycles. The molecule has 0 aromatic carbocycles. The molecule has 0 radical (unpaired) electrons. The highest BCUT2D eigenvalue weighted by atomic mass is 28.4. The van der Waals surface area contributed by atoms with E-state index in [2.05, 4.69) is 55.4 Å². The normalized spacial score (nSPS) is 15.0. The molecule has 0 spiro atoms. The molecule has 0 aromatic heterocycles. The summed E-state index contributed by atoms with van der Waals surface area (Å²) in [5.41, 5.74) is 0.531. The lowest BCUT2D eigenvalue weighted by molar-refractivity contribution is 0.128. The zero-order valence-electron chi connectivity index (χ0n) is 14.5. The number of hydrogen-bond acceptors (Lipinski definition) is 2. The predicted molar refractivity (Wildman–Crippen MR) is 86.8 cm³/mol. The van der Waals surface area contributed by atoms with Crippen LogP contribution in [0.4, 0.5) is 0 Å². The Morgan fingerprint density at radius 2 is 1.26 bits per heavy atom. The van der Waals surface area contributed by atoms with Crippen LogP contribution in [-0.2, 0) is 8.85 Å². The number of hydrogen-bond donors (Lipinski definition) is 0. The van der Waals surface area contributed by atoms with Gasteiger partial charge < -0.3 is 8.85 Å². The fourth-order valence-electron chi connectivity index (χ4n) is 3.62. The van der Waals surface area contributed by atoms with Gasteiger partial charge in [-0.25, -0.2) is 0 Å². The molecule has 0 aliphatic carbocycles. The third kappa shape index (κ3) is 3.83. The van der Waals surface area contributed by atoms with Crippen molar-refractivity contribution in [1.82, 2.24) is 0 Å². The van der Waals surface area contributed by atoms with Crippen molar-refractivity contribution in [3.63, 3.8) is 0 Å². The fraction of sp³-hybridized carbons (Fsp3) is 1.00. The Morgan fingerprint density at radius 3 is 1.53 bits per heavy atom. The molecule has 0 aromatic rings. The molecule has 0 aliphatic rings. The van der Waals surface area contributed by atoms with Crippen molar-refractivity contribution in [2.75, 3.05) is 13.2 Å². The standard InChI is InChI=1S/C16H36O2Si/c1-9-14(6)19(17-12-4,18-13-5)16(7,8)15(10-2)11-3/h14-15H,9-13H2,1-8H3. The van der Waals surface area contributed by atoms with Crippen LogP contribution in [0.5, 0.6) is 0 Å². The average molecular weight is 289 g/mol. The first kappa shape index (κ1) is 19.1. The van der Waals surface area contributed by atoms with E-state index in [1.165, 1.54) is 12.8 Å². The Bertz CT molecular complexity index is 231. The number of rotatable bonds is 10. The van der Waals surface area contributed by atoms with E-state index in [9.17, 15) is 0 Å². The van der Waals surface area contributed by atoms with Crippen LogP contribution in [0.3, 0.4) is 0 Å². The van der Waals surface area contributed by atoms with Crippen LogP contribution < -0.4 is 0 Å². The topological polar surface area (TPSA) is 18.5 Å². The van der Waals surface area contributed by atoms with Crippen LogP contribution in [0.15, 0.2) is 0 Å². The Morgan fingerprint density at radius 1 is 0.842 bits per heavy atom. The first-order valence-corrected chi connectivity index (χ1v) is 10.0. The maximum Gasteiger partial charge on any atom is 0.347 e. The summed E-state index contributed by atoms with van der Waals surface area (Å²) in [5.74, 6) is 0.672. The van der Waals surface area contributed by atoms with Gasteiger partial charge in [0.2, 0.25) is 0 Å². The van der Waals surface area contributed by atoms with Gasteiger partial charge in [0.15, 0.2) is 0 Å². The molecule has 2 nitrogen and oxygen atoms in total. The fourth-order valence-corrected chi connectivity index (χ4v) is 8.66. The van der Waals surface area contributed by atoms with E-state index in [0.717, 1.165) is 19.6 Å². The molecule has 0 rings (SSSR count). The quantitative estimate of drug-likeness (QED) is 0.493. The lowest BCUT2D eigenvalue weighted by Gasteiger charge is -2.49. The third-order valence-corrected chi connectivity index (χ3v) is 10.2. The molecule has 0 N–H and O–H groups in total. The minimum atomic E-state index is -2.23. The van der Waals surface area contributed by atoms with Crippen LogP contribution in [0.2, 0.25) is 10.6 Å². The summed E-state index contributed by atoms with van der Waals surface area (Å²) in [6, 6.07) is 0. The summed E-state index contributed by atoms with van der Waals surface area (Å²) in [6.45, 7) is 19.7. The Hall–Kier alpha value is 0.137. The minimum absolute atomic E-state index is 0.151. The molecular weight excluding hydrogens is 252 g/mol. The Kier molecular flexibility index (Phi) is 8.49. The van der Waals surface area contributed by atoms with Crippen LogP contribution in [0.1, 0.15) is 74.7 Å². The van der Waals surface area contributed by atoms with E-state index in [0.29, 0.717) is 11.5 Å². The smallest absolute Gasteiger partial charge is 0.347 e. The molecule has 3 heteroatoms. The van der Waals surface area contributed by atoms with E-state index in [4.69, 9.17) is 8.85 Å². The minimum Gasteiger partial charge on any atom is -0.394 e. The molecule has 0 bridgehead atoms. The predicted octanol–water partition coefficient (Wildman–Crippen LogP) is 5.52. The monoisotopic (exact) mass is 288 g/mol. The summed E-state index contributed by atoms with van der Waals surface area (Å²) in [4.78, 5) is 0. The van der Waals surface area contributed by atoms with Gasteiger partial charge in [0.1, 0.15) is 0 Å². The molecule has 0 saturated carbocycles. The van der Waals surface area contributed by atoms with Gasteiger partial charge >= 0.3 is 8.56 Å². The average Bonchev–Trinajstić information content (AvgIpc) is 2.38. The van der Waals surface area contributed by atoms with Crippen LogP contribution in [0, 0.1) is 5.92 Å². The van der Waals surface area contributed by atoms with Crippen molar-refractivity contribution < 1.29 is 8.85 Å². The highest BCUT2D eigenvalue weighted by Crippen LogP contribution is 2.53. The van der Waals surface area contributed by atoms with Crippen LogP contribution >= 0.6 is 0 Å². The van der Waals surface area contributed by atoms with Gasteiger partial charge in [-0.2, -0.15) is 0 Å². The highest BCUT2D eigenvalue weighted by Gasteiger charge is 2.57. The van der Waals surface area contributed by atoms with Gasteiger partial charge in [-0.3, -0.25) is 0 Å². The molecule has 0 aliphatic heterocycles. The van der Waals surface area contributed by atoms with Gasteiger partial charge in [0.05, 0.1) is 0 Å². The molecule has 19 heavy (non-hydrogen) atoms. The van der Waals surface area contributed by atoms with Gasteiger partial charge in [-0.15, -0.1) is 0 Å². The lowest BCUT2D eigenvalue weighted by Crippen LogP contribution is -2.57. The summed E-state index contributed by atoms with van der Waals surface area (Å²) in [7, 11) is -2.23. The lowest BCUT2D eigenvalue weighted by atomic mass is 9.90. The summed E-state index contributed by atoms with van der Waals surface area (Å²) in [6.07, 6.45) is 3.54. The molecule has 0 fully saturated rings. The molecule has 0 saturated heterocycles. The van der Waals surface area contributed by atoms with Gasteiger partial charge in [0.25, 0.3) is 0 Å². The zero-order valence-corrected chi connectivity index (χ0v) is 15.5. The van der Waals surface area contributed by atoms with Crippen molar-refractivity contribution in [3.8, 4) is 0 Å². The second kappa shape index (κ2) is 8.43. The molecular formula is C16H36O2Si. The van der Waals surface area contributed by atoms with Gasteiger partial charge in [-0.05, 0) is 19.8 Å². The molecule has 0 amide bonds. The van der Waals surface area contributed by atoms with Crippen molar-refractivity contribution in [2.24, 2.45) is 5.92 Å². The van der Waals surface area contributed by atoms with Gasteiger partial charge in [0, 0.05) is 23.8 Å². The molecule has 1 unspecified atom stereocenters. The van der Waals surface area contributed by atoms with E-state index in [-0.39, 0.29) is 5.04 Å². The van der Waals surface area contributed by atoms with Crippen LogP contribution in [-0.4, -0.2) is 21.8 Å². The SMILES string of the molecule is CCO[Si](OCC)(C(C)CC)C(C)(C)C(CC)CC. The van der Waals surface area contributed by atoms with Crippen molar-refractivity contribution in [2.45, 2.75) is 85.2 Å². The maximum atomic E-state index is 6.39. The Labute approximate surface area is 122 Å². The highest BCUT2D eigenvalue weighted by molar-refractivity contribution is 6.72. The second-order valence-electron chi connectivity index (χ2n) is 6.08. The first-order valence-electron chi connectivity index (χ1n) is 8.15. The summed E-state index contributed by atoms with van der Waals surface area (Å²) in [5, 5.41) is 0.151. The van der Waals surface area contributed by atoms with Crippen molar-refractivity contribution in [1.29, 1.82) is 0 Å². The van der Waals surface area contributed by atoms with E-state index in [1.807, 2.05) is 0 Å². The van der Waals surface area contributed by atoms with E-state index >= 15 is 0 Å². The van der Waals surface area contributed by atoms with Gasteiger partial charge in [-0.1, -0.05) is 60.8 Å². The second-order valence-corrected chi connectivity index (χ2v) is 10.3. The zero-order chi connectivity index (χ0) is 15.1. The third-order valence-electron chi connectivity index (χ3n) is 4.88.